The highest BCUT2D eigenvalue weighted by Gasteiger charge is 2.15. The maximum Gasteiger partial charge on any atom is 0.264 e. The van der Waals surface area contributed by atoms with E-state index in [0.29, 0.717) is 6.54 Å². The molecule has 0 fully saturated rings. The third kappa shape index (κ3) is 3.75. The second kappa shape index (κ2) is 6.44. The highest BCUT2D eigenvalue weighted by molar-refractivity contribution is 7.92. The van der Waals surface area contributed by atoms with Gasteiger partial charge in [-0.05, 0) is 30.3 Å². The summed E-state index contributed by atoms with van der Waals surface area (Å²) in [5.41, 5.74) is 0.906. The van der Waals surface area contributed by atoms with Crippen LogP contribution in [0.4, 0.5) is 5.95 Å². The summed E-state index contributed by atoms with van der Waals surface area (Å²) in [6.07, 6.45) is 2.96. The van der Waals surface area contributed by atoms with Crippen LogP contribution in [-0.4, -0.2) is 24.9 Å². The van der Waals surface area contributed by atoms with Gasteiger partial charge < -0.3 is 5.32 Å². The Hall–Kier alpha value is -1.99. The van der Waals surface area contributed by atoms with Crippen molar-refractivity contribution in [1.29, 1.82) is 0 Å². The van der Waals surface area contributed by atoms with Crippen LogP contribution in [0.2, 0.25) is 0 Å². The molecule has 0 atom stereocenters. The summed E-state index contributed by atoms with van der Waals surface area (Å²) in [6, 6.07) is 8.39. The zero-order chi connectivity index (χ0) is 14.4. The summed E-state index contributed by atoms with van der Waals surface area (Å²) in [7, 11) is -3.66. The number of nitrogens with zero attached hydrogens (tertiary/aromatic N) is 2. The van der Waals surface area contributed by atoms with Crippen LogP contribution < -0.4 is 10.0 Å². The number of benzene rings is 1. The van der Waals surface area contributed by atoms with Crippen LogP contribution in [0.1, 0.15) is 12.5 Å². The number of sulfonamides is 1. The second-order valence-electron chi connectivity index (χ2n) is 4.11. The molecular weight excluding hydrogens is 276 g/mol. The van der Waals surface area contributed by atoms with Crippen molar-refractivity contribution in [3.63, 3.8) is 0 Å². The maximum absolute atomic E-state index is 12.2. The highest BCUT2D eigenvalue weighted by Crippen LogP contribution is 2.14. The molecule has 1 aromatic carbocycles. The van der Waals surface area contributed by atoms with Crippen LogP contribution >= 0.6 is 0 Å². The van der Waals surface area contributed by atoms with Crippen molar-refractivity contribution in [2.24, 2.45) is 0 Å². The van der Waals surface area contributed by atoms with Crippen molar-refractivity contribution >= 4 is 16.0 Å². The number of rotatable bonds is 6. The van der Waals surface area contributed by atoms with E-state index in [1.54, 1.807) is 24.3 Å². The minimum Gasteiger partial charge on any atom is -0.313 e. The lowest BCUT2D eigenvalue weighted by Gasteiger charge is -2.08. The van der Waals surface area contributed by atoms with E-state index in [1.165, 1.54) is 12.4 Å². The fourth-order valence-electron chi connectivity index (χ4n) is 1.62. The normalized spacial score (nSPS) is 11.2. The standard InChI is InChI=1S/C13H16N4O2S/c1-2-14-10-11-5-3-6-12(9-11)20(18,19)17-13-15-7-4-8-16-13/h3-9,14H,2,10H2,1H3,(H,15,16,17). The zero-order valence-corrected chi connectivity index (χ0v) is 11.9. The SMILES string of the molecule is CCNCc1cccc(S(=O)(=O)Nc2ncccn2)c1. The lowest BCUT2D eigenvalue weighted by atomic mass is 10.2. The first-order valence-corrected chi connectivity index (χ1v) is 7.69. The van der Waals surface area contributed by atoms with E-state index >= 15 is 0 Å². The molecule has 7 heteroatoms. The van der Waals surface area contributed by atoms with Gasteiger partial charge in [0.2, 0.25) is 5.95 Å². The summed E-state index contributed by atoms with van der Waals surface area (Å²) in [5, 5.41) is 3.15. The molecule has 0 radical (unpaired) electrons. The Balaban J connectivity index is 2.21. The Labute approximate surface area is 118 Å². The largest absolute Gasteiger partial charge is 0.313 e. The molecule has 0 aliphatic rings. The molecule has 1 heterocycles. The van der Waals surface area contributed by atoms with Gasteiger partial charge in [0.25, 0.3) is 10.0 Å². The Bertz CT molecular complexity index is 659. The van der Waals surface area contributed by atoms with E-state index in [9.17, 15) is 8.42 Å². The van der Waals surface area contributed by atoms with Crippen LogP contribution in [-0.2, 0) is 16.6 Å². The van der Waals surface area contributed by atoms with E-state index in [0.717, 1.165) is 12.1 Å². The molecule has 2 N–H and O–H groups in total. The van der Waals surface area contributed by atoms with Crippen LogP contribution in [0.15, 0.2) is 47.6 Å². The van der Waals surface area contributed by atoms with Gasteiger partial charge in [-0.15, -0.1) is 0 Å². The Kier molecular flexibility index (Phi) is 4.65. The van der Waals surface area contributed by atoms with Gasteiger partial charge in [0.15, 0.2) is 0 Å². The summed E-state index contributed by atoms with van der Waals surface area (Å²) in [4.78, 5) is 7.89. The van der Waals surface area contributed by atoms with Crippen molar-refractivity contribution in [2.45, 2.75) is 18.4 Å². The molecule has 20 heavy (non-hydrogen) atoms. The molecule has 0 aliphatic carbocycles. The van der Waals surface area contributed by atoms with Gasteiger partial charge in [-0.1, -0.05) is 19.1 Å². The fraction of sp³-hybridized carbons (Fsp3) is 0.231. The smallest absolute Gasteiger partial charge is 0.264 e. The van der Waals surface area contributed by atoms with Crippen LogP contribution in [0.25, 0.3) is 0 Å². The summed E-state index contributed by atoms with van der Waals surface area (Å²) >= 11 is 0. The maximum atomic E-state index is 12.2. The number of hydrogen-bond acceptors (Lipinski definition) is 5. The minimum atomic E-state index is -3.66. The van der Waals surface area contributed by atoms with E-state index < -0.39 is 10.0 Å². The molecule has 2 aromatic rings. The molecule has 0 amide bonds. The third-order valence-corrected chi connectivity index (χ3v) is 3.91. The summed E-state index contributed by atoms with van der Waals surface area (Å²) in [6.45, 7) is 3.45. The van der Waals surface area contributed by atoms with Gasteiger partial charge >= 0.3 is 0 Å². The van der Waals surface area contributed by atoms with Crippen LogP contribution in [0.5, 0.6) is 0 Å². The summed E-state index contributed by atoms with van der Waals surface area (Å²) in [5.74, 6) is 0.0598. The molecule has 6 nitrogen and oxygen atoms in total. The highest BCUT2D eigenvalue weighted by atomic mass is 32.2. The Morgan fingerprint density at radius 3 is 2.60 bits per heavy atom. The van der Waals surface area contributed by atoms with Crippen LogP contribution in [0.3, 0.4) is 0 Å². The molecule has 0 saturated carbocycles. The first-order chi connectivity index (χ1) is 9.62. The lowest BCUT2D eigenvalue weighted by Crippen LogP contribution is -2.16. The van der Waals surface area contributed by atoms with Gasteiger partial charge in [-0.3, -0.25) is 0 Å². The van der Waals surface area contributed by atoms with E-state index in [1.807, 2.05) is 13.0 Å². The molecular formula is C13H16N4O2S. The molecule has 0 spiro atoms. The molecule has 0 bridgehead atoms. The number of hydrogen-bond donors (Lipinski definition) is 2. The van der Waals surface area contributed by atoms with E-state index in [2.05, 4.69) is 20.0 Å². The lowest BCUT2D eigenvalue weighted by molar-refractivity contribution is 0.600. The van der Waals surface area contributed by atoms with Gasteiger partial charge in [0.1, 0.15) is 0 Å². The second-order valence-corrected chi connectivity index (χ2v) is 5.79. The van der Waals surface area contributed by atoms with Crippen molar-refractivity contribution in [3.8, 4) is 0 Å². The van der Waals surface area contributed by atoms with Crippen molar-refractivity contribution < 1.29 is 8.42 Å². The first-order valence-electron chi connectivity index (χ1n) is 6.21. The minimum absolute atomic E-state index is 0.0598. The van der Waals surface area contributed by atoms with Gasteiger partial charge in [-0.25, -0.2) is 23.1 Å². The Morgan fingerprint density at radius 2 is 1.90 bits per heavy atom. The predicted molar refractivity (Wildman–Crippen MR) is 76.7 cm³/mol. The molecule has 106 valence electrons. The third-order valence-electron chi connectivity index (χ3n) is 2.58. The first kappa shape index (κ1) is 14.4. The average Bonchev–Trinajstić information content (AvgIpc) is 2.46. The van der Waals surface area contributed by atoms with Crippen molar-refractivity contribution in [3.05, 3.63) is 48.3 Å². The van der Waals surface area contributed by atoms with Crippen LogP contribution in [0, 0.1) is 0 Å². The average molecular weight is 292 g/mol. The molecule has 2 rings (SSSR count). The number of nitrogens with one attached hydrogen (secondary N) is 2. The topological polar surface area (TPSA) is 84.0 Å². The molecule has 0 saturated heterocycles. The van der Waals surface area contributed by atoms with E-state index in [-0.39, 0.29) is 10.8 Å². The predicted octanol–water partition coefficient (Wildman–Crippen LogP) is 1.39. The number of aromatic nitrogens is 2. The van der Waals surface area contributed by atoms with Crippen molar-refractivity contribution in [1.82, 2.24) is 15.3 Å². The zero-order valence-electron chi connectivity index (χ0n) is 11.1. The quantitative estimate of drug-likeness (QED) is 0.840. The summed E-state index contributed by atoms with van der Waals surface area (Å²) < 4.78 is 26.8. The molecule has 1 aromatic heterocycles. The number of anilines is 1. The van der Waals surface area contributed by atoms with Gasteiger partial charge in [0, 0.05) is 18.9 Å². The molecule has 0 unspecified atom stereocenters. The Morgan fingerprint density at radius 1 is 1.15 bits per heavy atom. The van der Waals surface area contributed by atoms with E-state index in [4.69, 9.17) is 0 Å². The van der Waals surface area contributed by atoms with Crippen molar-refractivity contribution in [2.75, 3.05) is 11.3 Å². The monoisotopic (exact) mass is 292 g/mol. The van der Waals surface area contributed by atoms with Gasteiger partial charge in [-0.2, -0.15) is 0 Å². The van der Waals surface area contributed by atoms with Gasteiger partial charge in [0.05, 0.1) is 4.90 Å². The molecule has 0 aliphatic heterocycles. The fourth-order valence-corrected chi connectivity index (χ4v) is 2.65.